The van der Waals surface area contributed by atoms with Crippen LogP contribution < -0.4 is 0 Å². The Labute approximate surface area is 222 Å². The van der Waals surface area contributed by atoms with Crippen molar-refractivity contribution in [2.45, 2.75) is 49.9 Å². The highest BCUT2D eigenvalue weighted by molar-refractivity contribution is 6.18. The van der Waals surface area contributed by atoms with E-state index in [0.29, 0.717) is 24.6 Å². The van der Waals surface area contributed by atoms with E-state index in [4.69, 9.17) is 23.2 Å². The van der Waals surface area contributed by atoms with Crippen molar-refractivity contribution in [3.05, 3.63) is 107 Å². The van der Waals surface area contributed by atoms with Crippen LogP contribution in [-0.2, 0) is 9.59 Å². The van der Waals surface area contributed by atoms with E-state index < -0.39 is 0 Å². The second-order valence-corrected chi connectivity index (χ2v) is 10.2. The molecule has 2 heterocycles. The van der Waals surface area contributed by atoms with Crippen molar-refractivity contribution in [1.29, 1.82) is 0 Å². The predicted octanol–water partition coefficient (Wildman–Crippen LogP) is 6.97. The van der Waals surface area contributed by atoms with E-state index in [2.05, 4.69) is 18.2 Å². The van der Waals surface area contributed by atoms with Crippen molar-refractivity contribution in [1.82, 2.24) is 9.80 Å². The first-order valence-electron chi connectivity index (χ1n) is 12.6. The van der Waals surface area contributed by atoms with Crippen LogP contribution in [0.5, 0.6) is 0 Å². The van der Waals surface area contributed by atoms with Crippen LogP contribution in [0.3, 0.4) is 0 Å². The lowest BCUT2D eigenvalue weighted by atomic mass is 9.95. The van der Waals surface area contributed by atoms with Crippen LogP contribution in [-0.4, -0.2) is 33.4 Å². The van der Waals surface area contributed by atoms with Crippen LogP contribution in [0.25, 0.3) is 0 Å². The van der Waals surface area contributed by atoms with Crippen LogP contribution in [0.4, 0.5) is 0 Å². The summed E-state index contributed by atoms with van der Waals surface area (Å²) in [6, 6.07) is 27.9. The molecule has 6 heteroatoms. The monoisotopic (exact) mass is 520 g/mol. The van der Waals surface area contributed by atoms with Gasteiger partial charge in [0, 0.05) is 24.6 Å². The number of benzene rings is 3. The molecule has 2 fully saturated rings. The molecule has 3 aromatic carbocycles. The van der Waals surface area contributed by atoms with Crippen molar-refractivity contribution in [2.75, 3.05) is 11.8 Å². The third kappa shape index (κ3) is 4.77. The van der Waals surface area contributed by atoms with Crippen LogP contribution >= 0.6 is 23.2 Å². The van der Waals surface area contributed by atoms with E-state index in [-0.39, 0.29) is 36.0 Å². The zero-order valence-corrected chi connectivity index (χ0v) is 21.6. The molecule has 2 saturated heterocycles. The first kappa shape index (κ1) is 24.9. The molecule has 4 atom stereocenters. The largest absolute Gasteiger partial charge is 0.327 e. The molecule has 186 valence electrons. The van der Waals surface area contributed by atoms with Gasteiger partial charge in [-0.2, -0.15) is 0 Å². The molecule has 0 radical (unpaired) electrons. The predicted molar refractivity (Wildman–Crippen MR) is 144 cm³/mol. The number of rotatable bonds is 8. The van der Waals surface area contributed by atoms with Gasteiger partial charge in [-0.05, 0) is 35.1 Å². The van der Waals surface area contributed by atoms with Crippen molar-refractivity contribution in [3.8, 4) is 0 Å². The Kier molecular flexibility index (Phi) is 7.64. The number of alkyl halides is 2. The van der Waals surface area contributed by atoms with Gasteiger partial charge in [0.15, 0.2) is 0 Å². The summed E-state index contributed by atoms with van der Waals surface area (Å²) < 4.78 is 0. The number of likely N-dealkylation sites (tertiary alicyclic amines) is 2. The van der Waals surface area contributed by atoms with E-state index in [1.807, 2.05) is 76.5 Å². The third-order valence-corrected chi connectivity index (χ3v) is 8.11. The molecule has 0 N–H and O–H groups in total. The molecular weight excluding hydrogens is 491 g/mol. The maximum Gasteiger partial charge on any atom is 0.223 e. The lowest BCUT2D eigenvalue weighted by Crippen LogP contribution is -2.34. The average Bonchev–Trinajstić information content (AvgIpc) is 3.49. The molecule has 0 unspecified atom stereocenters. The fourth-order valence-electron chi connectivity index (χ4n) is 5.81. The fraction of sp³-hybridized carbons (Fsp3) is 0.333. The Morgan fingerprint density at radius 2 is 1.06 bits per heavy atom. The van der Waals surface area contributed by atoms with Crippen molar-refractivity contribution >= 4 is 35.0 Å². The van der Waals surface area contributed by atoms with Gasteiger partial charge in [0.1, 0.15) is 0 Å². The van der Waals surface area contributed by atoms with Gasteiger partial charge in [0.25, 0.3) is 0 Å². The van der Waals surface area contributed by atoms with E-state index in [0.717, 1.165) is 35.1 Å². The zero-order valence-electron chi connectivity index (χ0n) is 20.1. The molecule has 2 aliphatic rings. The van der Waals surface area contributed by atoms with Gasteiger partial charge >= 0.3 is 0 Å². The average molecular weight is 521 g/mol. The molecule has 0 bridgehead atoms. The van der Waals surface area contributed by atoms with E-state index in [1.54, 1.807) is 0 Å². The Hall–Kier alpha value is -2.82. The number of nitrogens with zero attached hydrogens (tertiary/aromatic N) is 2. The molecule has 0 aromatic heterocycles. The van der Waals surface area contributed by atoms with Crippen molar-refractivity contribution in [2.24, 2.45) is 0 Å². The van der Waals surface area contributed by atoms with Crippen LogP contribution in [0.15, 0.2) is 84.9 Å². The van der Waals surface area contributed by atoms with Gasteiger partial charge in [-0.25, -0.2) is 0 Å². The highest BCUT2D eigenvalue weighted by Crippen LogP contribution is 2.43. The van der Waals surface area contributed by atoms with Crippen molar-refractivity contribution in [3.63, 3.8) is 0 Å². The SMILES string of the molecule is O=C1CC[C@@H](c2cccc([C@@H]3CCC(=O)N3[C@@H](CCl)c3ccccc3)c2)N1[C@@H](CCl)c1ccccc1. The maximum absolute atomic E-state index is 13.1. The van der Waals surface area contributed by atoms with Crippen LogP contribution in [0.1, 0.15) is 72.1 Å². The molecule has 36 heavy (non-hydrogen) atoms. The summed E-state index contributed by atoms with van der Waals surface area (Å²) in [4.78, 5) is 30.0. The summed E-state index contributed by atoms with van der Waals surface area (Å²) in [7, 11) is 0. The highest BCUT2D eigenvalue weighted by atomic mass is 35.5. The summed E-state index contributed by atoms with van der Waals surface area (Å²) in [6.07, 6.45) is 2.52. The van der Waals surface area contributed by atoms with Gasteiger partial charge in [-0.1, -0.05) is 84.9 Å². The third-order valence-electron chi connectivity index (χ3n) is 7.52. The number of hydrogen-bond donors (Lipinski definition) is 0. The van der Waals surface area contributed by atoms with Crippen molar-refractivity contribution < 1.29 is 9.59 Å². The first-order valence-corrected chi connectivity index (χ1v) is 13.6. The second kappa shape index (κ2) is 11.1. The van der Waals surface area contributed by atoms with Crippen LogP contribution in [0.2, 0.25) is 0 Å². The number of hydrogen-bond acceptors (Lipinski definition) is 2. The summed E-state index contributed by atoms with van der Waals surface area (Å²) in [5.41, 5.74) is 4.27. The summed E-state index contributed by atoms with van der Waals surface area (Å²) >= 11 is 12.9. The van der Waals surface area contributed by atoms with Crippen LogP contribution in [0, 0.1) is 0 Å². The van der Waals surface area contributed by atoms with E-state index in [1.165, 1.54) is 0 Å². The summed E-state index contributed by atoms with van der Waals surface area (Å²) in [6.45, 7) is 0. The van der Waals surface area contributed by atoms with Gasteiger partial charge in [0.2, 0.25) is 11.8 Å². The molecule has 5 rings (SSSR count). The number of carbonyl (C=O) groups is 2. The topological polar surface area (TPSA) is 40.6 Å². The fourth-order valence-corrected chi connectivity index (χ4v) is 6.47. The molecule has 2 aliphatic heterocycles. The quantitative estimate of drug-likeness (QED) is 0.300. The van der Waals surface area contributed by atoms with Gasteiger partial charge in [-0.15, -0.1) is 23.2 Å². The molecule has 4 nitrogen and oxygen atoms in total. The summed E-state index contributed by atoms with van der Waals surface area (Å²) in [5, 5.41) is 0. The minimum atomic E-state index is -0.181. The van der Waals surface area contributed by atoms with E-state index >= 15 is 0 Å². The number of halogens is 2. The number of amides is 2. The van der Waals surface area contributed by atoms with Gasteiger partial charge in [-0.3, -0.25) is 9.59 Å². The maximum atomic E-state index is 13.1. The standard InChI is InChI=1S/C30H30Cl2N2O2/c31-19-27(21-8-3-1-4-9-21)33-25(14-16-29(33)35)23-12-7-13-24(18-23)26-15-17-30(36)34(26)28(20-32)22-10-5-2-6-11-22/h1-13,18,25-28H,14-17,19-20H2/t25-,26-,27-,28-/m0/s1. The highest BCUT2D eigenvalue weighted by Gasteiger charge is 2.40. The Morgan fingerprint density at radius 1 is 0.639 bits per heavy atom. The summed E-state index contributed by atoms with van der Waals surface area (Å²) in [5.74, 6) is 0.934. The smallest absolute Gasteiger partial charge is 0.223 e. The Balaban J connectivity index is 1.46. The molecule has 3 aromatic rings. The first-order chi connectivity index (χ1) is 17.6. The molecule has 2 amide bonds. The normalized spacial score (nSPS) is 21.7. The molecule has 0 spiro atoms. The zero-order chi connectivity index (χ0) is 25.1. The minimum absolute atomic E-state index is 0.0510. The Morgan fingerprint density at radius 3 is 1.44 bits per heavy atom. The second-order valence-electron chi connectivity index (χ2n) is 9.54. The van der Waals surface area contributed by atoms with Gasteiger partial charge in [0.05, 0.1) is 24.2 Å². The molecular formula is C30H30Cl2N2O2. The van der Waals surface area contributed by atoms with Gasteiger partial charge < -0.3 is 9.80 Å². The molecule has 0 aliphatic carbocycles. The minimum Gasteiger partial charge on any atom is -0.327 e. The Bertz CT molecular complexity index is 1110. The number of carbonyl (C=O) groups excluding carboxylic acids is 2. The lowest BCUT2D eigenvalue weighted by molar-refractivity contribution is -0.131. The van der Waals surface area contributed by atoms with E-state index in [9.17, 15) is 9.59 Å². The lowest BCUT2D eigenvalue weighted by Gasteiger charge is -2.35. The molecule has 0 saturated carbocycles.